The van der Waals surface area contributed by atoms with Crippen molar-refractivity contribution in [1.29, 1.82) is 0 Å². The van der Waals surface area contributed by atoms with Crippen molar-refractivity contribution in [2.24, 2.45) is 0 Å². The first kappa shape index (κ1) is 23.2. The van der Waals surface area contributed by atoms with Crippen molar-refractivity contribution in [2.75, 3.05) is 19.1 Å². The third-order valence-electron chi connectivity index (χ3n) is 5.42. The topological polar surface area (TPSA) is 68.7 Å². The number of allylic oxidation sites excluding steroid dienone is 2. The van der Waals surface area contributed by atoms with E-state index in [-0.39, 0.29) is 11.3 Å². The summed E-state index contributed by atoms with van der Waals surface area (Å²) >= 11 is 1.55. The molecule has 2 heterocycles. The highest BCUT2D eigenvalue weighted by Gasteiger charge is 2.27. The van der Waals surface area contributed by atoms with Crippen molar-refractivity contribution in [1.82, 2.24) is 4.98 Å². The largest absolute Gasteiger partial charge is 0.465 e. The molecule has 1 aromatic heterocycles. The molecule has 0 fully saturated rings. The van der Waals surface area contributed by atoms with Crippen molar-refractivity contribution < 1.29 is 19.1 Å². The number of ether oxygens (including phenoxy) is 2. The summed E-state index contributed by atoms with van der Waals surface area (Å²) in [4.78, 5) is 31.6. The number of rotatable bonds is 5. The Morgan fingerprint density at radius 2 is 1.76 bits per heavy atom. The summed E-state index contributed by atoms with van der Waals surface area (Å²) in [6, 6.07) is 14.0. The minimum absolute atomic E-state index is 0.0756. The molecule has 0 spiro atoms. The monoisotopic (exact) mass is 472 g/mol. The van der Waals surface area contributed by atoms with Gasteiger partial charge in [0.15, 0.2) is 0 Å². The first-order valence-electron chi connectivity index (χ1n) is 10.6. The van der Waals surface area contributed by atoms with Gasteiger partial charge in [-0.25, -0.2) is 14.6 Å². The molecule has 172 valence electrons. The second kappa shape index (κ2) is 9.89. The standard InChI is InChI=1S/C27H24N2O4S/c1-17-11-12-21(18(2)14-17)23-16-34-25(28-23)19-8-7-9-20(15-19)29-13-6-5-10-22(26(30)32-3)24(29)27(31)33-4/h5-16H,1-4H3. The minimum Gasteiger partial charge on any atom is -0.465 e. The van der Waals surface area contributed by atoms with Gasteiger partial charge in [-0.15, -0.1) is 11.3 Å². The Labute approximate surface area is 202 Å². The Hall–Kier alpha value is -3.97. The maximum Gasteiger partial charge on any atom is 0.355 e. The van der Waals surface area contributed by atoms with Crippen molar-refractivity contribution in [3.05, 3.63) is 94.7 Å². The molecule has 34 heavy (non-hydrogen) atoms. The van der Waals surface area contributed by atoms with Crippen LogP contribution >= 0.6 is 11.3 Å². The van der Waals surface area contributed by atoms with Gasteiger partial charge in [0.05, 0.1) is 25.5 Å². The average molecular weight is 473 g/mol. The number of methoxy groups -OCH3 is 2. The molecule has 0 unspecified atom stereocenters. The quantitative estimate of drug-likeness (QED) is 0.451. The maximum absolute atomic E-state index is 12.7. The summed E-state index contributed by atoms with van der Waals surface area (Å²) in [5.41, 5.74) is 6.17. The zero-order valence-electron chi connectivity index (χ0n) is 19.4. The van der Waals surface area contributed by atoms with E-state index in [0.29, 0.717) is 5.69 Å². The van der Waals surface area contributed by atoms with Gasteiger partial charge in [0.2, 0.25) is 0 Å². The molecular formula is C27H24N2O4S. The molecule has 0 N–H and O–H groups in total. The molecule has 0 radical (unpaired) electrons. The maximum atomic E-state index is 12.7. The van der Waals surface area contributed by atoms with Gasteiger partial charge in [0.25, 0.3) is 0 Å². The van der Waals surface area contributed by atoms with Gasteiger partial charge in [-0.1, -0.05) is 42.0 Å². The van der Waals surface area contributed by atoms with Gasteiger partial charge < -0.3 is 14.4 Å². The highest BCUT2D eigenvalue weighted by molar-refractivity contribution is 7.13. The zero-order chi connectivity index (χ0) is 24.2. The third kappa shape index (κ3) is 4.56. The summed E-state index contributed by atoms with van der Waals surface area (Å²) in [5, 5.41) is 2.90. The highest BCUT2D eigenvalue weighted by atomic mass is 32.1. The Balaban J connectivity index is 1.76. The fourth-order valence-corrected chi connectivity index (χ4v) is 4.60. The first-order chi connectivity index (χ1) is 16.4. The Kier molecular flexibility index (Phi) is 6.75. The van der Waals surface area contributed by atoms with Crippen LogP contribution in [0.25, 0.3) is 21.8 Å². The number of aromatic nitrogens is 1. The molecule has 1 aliphatic heterocycles. The summed E-state index contributed by atoms with van der Waals surface area (Å²) in [6.07, 6.45) is 6.67. The summed E-state index contributed by atoms with van der Waals surface area (Å²) in [5.74, 6) is -1.27. The average Bonchev–Trinajstić information content (AvgIpc) is 3.22. The number of carbonyl (C=O) groups is 2. The molecule has 1 aliphatic rings. The van der Waals surface area contributed by atoms with Gasteiger partial charge >= 0.3 is 11.9 Å². The van der Waals surface area contributed by atoms with Gasteiger partial charge in [-0.05, 0) is 43.7 Å². The van der Waals surface area contributed by atoms with E-state index in [0.717, 1.165) is 21.8 Å². The van der Waals surface area contributed by atoms with E-state index in [1.807, 2.05) is 29.6 Å². The van der Waals surface area contributed by atoms with Gasteiger partial charge in [-0.2, -0.15) is 0 Å². The second-order valence-electron chi connectivity index (χ2n) is 7.72. The van der Waals surface area contributed by atoms with Crippen LogP contribution in [0.2, 0.25) is 0 Å². The molecule has 0 saturated carbocycles. The Bertz CT molecular complexity index is 1350. The molecule has 4 rings (SSSR count). The molecule has 3 aromatic rings. The van der Waals surface area contributed by atoms with E-state index in [4.69, 9.17) is 14.5 Å². The molecular weight excluding hydrogens is 448 g/mol. The number of esters is 2. The Morgan fingerprint density at radius 1 is 0.971 bits per heavy atom. The third-order valence-corrected chi connectivity index (χ3v) is 6.31. The van der Waals surface area contributed by atoms with Crippen LogP contribution in [0.5, 0.6) is 0 Å². The van der Waals surface area contributed by atoms with Crippen LogP contribution in [0.1, 0.15) is 11.1 Å². The molecule has 0 aliphatic carbocycles. The van der Waals surface area contributed by atoms with Crippen LogP contribution in [0.4, 0.5) is 5.69 Å². The van der Waals surface area contributed by atoms with Crippen molar-refractivity contribution in [3.63, 3.8) is 0 Å². The van der Waals surface area contributed by atoms with Crippen LogP contribution in [0, 0.1) is 13.8 Å². The highest BCUT2D eigenvalue weighted by Crippen LogP contribution is 2.34. The Morgan fingerprint density at radius 3 is 2.50 bits per heavy atom. The lowest BCUT2D eigenvalue weighted by Crippen LogP contribution is -2.26. The van der Waals surface area contributed by atoms with Crippen molar-refractivity contribution in [3.8, 4) is 21.8 Å². The molecule has 0 atom stereocenters. The number of aryl methyl sites for hydroxylation is 2. The molecule has 0 bridgehead atoms. The molecule has 7 heteroatoms. The minimum atomic E-state index is -0.645. The van der Waals surface area contributed by atoms with Crippen LogP contribution in [-0.2, 0) is 19.1 Å². The van der Waals surface area contributed by atoms with E-state index >= 15 is 0 Å². The summed E-state index contributed by atoms with van der Waals surface area (Å²) in [7, 11) is 2.55. The molecule has 0 saturated heterocycles. The van der Waals surface area contributed by atoms with Crippen molar-refractivity contribution >= 4 is 29.0 Å². The van der Waals surface area contributed by atoms with E-state index in [2.05, 4.69) is 32.0 Å². The molecule has 2 aromatic carbocycles. The normalized spacial score (nSPS) is 13.1. The lowest BCUT2D eigenvalue weighted by molar-refractivity contribution is -0.139. The predicted octanol–water partition coefficient (Wildman–Crippen LogP) is 5.58. The lowest BCUT2D eigenvalue weighted by Gasteiger charge is -2.23. The lowest BCUT2D eigenvalue weighted by atomic mass is 10.0. The molecule has 0 amide bonds. The predicted molar refractivity (Wildman–Crippen MR) is 134 cm³/mol. The van der Waals surface area contributed by atoms with Crippen molar-refractivity contribution in [2.45, 2.75) is 13.8 Å². The number of nitrogens with zero attached hydrogens (tertiary/aromatic N) is 2. The van der Waals surface area contributed by atoms with Crippen LogP contribution < -0.4 is 4.90 Å². The summed E-state index contributed by atoms with van der Waals surface area (Å²) < 4.78 is 9.87. The van der Waals surface area contributed by atoms with Crippen LogP contribution in [0.15, 0.2) is 83.5 Å². The number of thiazole rings is 1. The summed E-state index contributed by atoms with van der Waals surface area (Å²) in [6.45, 7) is 4.16. The van der Waals surface area contributed by atoms with E-state index in [1.54, 1.807) is 34.6 Å². The van der Waals surface area contributed by atoms with E-state index < -0.39 is 11.9 Å². The molecule has 6 nitrogen and oxygen atoms in total. The number of carbonyl (C=O) groups excluding carboxylic acids is 2. The number of hydrogen-bond donors (Lipinski definition) is 0. The van der Waals surface area contributed by atoms with Gasteiger partial charge in [0.1, 0.15) is 10.7 Å². The van der Waals surface area contributed by atoms with Gasteiger partial charge in [0, 0.05) is 28.4 Å². The zero-order valence-corrected chi connectivity index (χ0v) is 20.2. The smallest absolute Gasteiger partial charge is 0.355 e. The second-order valence-corrected chi connectivity index (χ2v) is 8.58. The number of anilines is 1. The van der Waals surface area contributed by atoms with E-state index in [9.17, 15) is 9.59 Å². The SMILES string of the molecule is COC(=O)C1=C(C(=O)OC)N(c2cccc(-c3nc(-c4ccc(C)cc4C)cs3)c2)C=CC=C1. The van der Waals surface area contributed by atoms with Crippen LogP contribution in [-0.4, -0.2) is 31.1 Å². The van der Waals surface area contributed by atoms with Gasteiger partial charge in [-0.3, -0.25) is 0 Å². The van der Waals surface area contributed by atoms with E-state index in [1.165, 1.54) is 31.4 Å². The number of hydrogen-bond acceptors (Lipinski definition) is 7. The fraction of sp³-hybridized carbons (Fsp3) is 0.148. The first-order valence-corrected chi connectivity index (χ1v) is 11.5. The van der Waals surface area contributed by atoms with Crippen LogP contribution in [0.3, 0.4) is 0 Å². The number of benzene rings is 2. The fourth-order valence-electron chi connectivity index (χ4n) is 3.79.